The van der Waals surface area contributed by atoms with E-state index in [1.165, 1.54) is 17.3 Å². The summed E-state index contributed by atoms with van der Waals surface area (Å²) in [4.78, 5) is 9.90. The summed E-state index contributed by atoms with van der Waals surface area (Å²) in [5.74, 6) is 0.820. The summed E-state index contributed by atoms with van der Waals surface area (Å²) in [6.45, 7) is 8.30. The molecule has 2 fully saturated rings. The molecule has 0 aliphatic carbocycles. The maximum Gasteiger partial charge on any atom is 0.137 e. The Morgan fingerprint density at radius 1 is 1.00 bits per heavy atom. The zero-order valence-corrected chi connectivity index (χ0v) is 20.5. The van der Waals surface area contributed by atoms with Gasteiger partial charge in [-0.3, -0.25) is 4.90 Å². The van der Waals surface area contributed by atoms with Crippen LogP contribution in [0.1, 0.15) is 37.0 Å². The average Bonchev–Trinajstić information content (AvgIpc) is 2.91. The van der Waals surface area contributed by atoms with E-state index in [1.807, 2.05) is 0 Å². The lowest BCUT2D eigenvalue weighted by Crippen LogP contribution is -2.39. The molecule has 0 spiro atoms. The van der Waals surface area contributed by atoms with Crippen LogP contribution < -0.4 is 10.2 Å². The maximum atomic E-state index is 8.25. The molecule has 0 amide bonds. The van der Waals surface area contributed by atoms with Gasteiger partial charge in [-0.15, -0.1) is 0 Å². The lowest BCUT2D eigenvalue weighted by atomic mass is 10.0. The molecular weight excluding hydrogens is 446 g/mol. The minimum absolute atomic E-state index is 0. The van der Waals surface area contributed by atoms with Crippen LogP contribution in [0, 0.1) is 12.3 Å². The first-order valence-electron chi connectivity index (χ1n) is 12.7. The Morgan fingerprint density at radius 3 is 2.36 bits per heavy atom. The SMILES string of the molecule is C.Cc1ccc(-c2cc(N3CCOCC3)c(C=N)c(NC3CCN(Cc4ccccc4)CC3)n2)cc1. The molecule has 2 aliphatic heterocycles. The molecule has 3 aromatic rings. The number of morpholine rings is 1. The van der Waals surface area contributed by atoms with Crippen molar-refractivity contribution >= 4 is 17.7 Å². The third-order valence-electron chi connectivity index (χ3n) is 7.06. The van der Waals surface area contributed by atoms with Gasteiger partial charge >= 0.3 is 0 Å². The second kappa shape index (κ2) is 12.2. The molecule has 2 N–H and O–H groups in total. The van der Waals surface area contributed by atoms with Gasteiger partial charge in [0.15, 0.2) is 0 Å². The van der Waals surface area contributed by atoms with Crippen LogP contribution in [0.3, 0.4) is 0 Å². The number of aromatic nitrogens is 1. The predicted molar refractivity (Wildman–Crippen MR) is 150 cm³/mol. The Hall–Kier alpha value is -3.22. The standard InChI is InChI=1S/C29H35N5O.CH4/c1-22-7-9-24(10-8-22)27-19-28(34-15-17-35-18-16-34)26(20-30)29(32-27)31-25-11-13-33(14-12-25)21-23-5-3-2-4-6-23;/h2-10,19-20,25,30H,11-18,21H2,1H3,(H,31,32);1H4. The fraction of sp³-hybridized carbons (Fsp3) is 0.400. The highest BCUT2D eigenvalue weighted by Gasteiger charge is 2.24. The smallest absolute Gasteiger partial charge is 0.137 e. The van der Waals surface area contributed by atoms with E-state index >= 15 is 0 Å². The quantitative estimate of drug-likeness (QED) is 0.426. The van der Waals surface area contributed by atoms with Crippen molar-refractivity contribution in [2.24, 2.45) is 0 Å². The largest absolute Gasteiger partial charge is 0.378 e. The van der Waals surface area contributed by atoms with Crippen LogP contribution in [-0.2, 0) is 11.3 Å². The van der Waals surface area contributed by atoms with E-state index in [9.17, 15) is 0 Å². The van der Waals surface area contributed by atoms with Crippen molar-refractivity contribution < 1.29 is 4.74 Å². The summed E-state index contributed by atoms with van der Waals surface area (Å²) in [5, 5.41) is 12.0. The second-order valence-corrected chi connectivity index (χ2v) is 9.58. The van der Waals surface area contributed by atoms with E-state index in [4.69, 9.17) is 15.1 Å². The molecular formula is C30H39N5O. The Bertz CT molecular complexity index is 1120. The molecule has 190 valence electrons. The predicted octanol–water partition coefficient (Wildman–Crippen LogP) is 5.60. The van der Waals surface area contributed by atoms with E-state index in [0.29, 0.717) is 19.3 Å². The number of nitrogens with zero attached hydrogens (tertiary/aromatic N) is 3. The third-order valence-corrected chi connectivity index (χ3v) is 7.06. The molecule has 0 atom stereocenters. The van der Waals surface area contributed by atoms with Crippen LogP contribution >= 0.6 is 0 Å². The first-order chi connectivity index (χ1) is 17.2. The molecule has 0 saturated carbocycles. The van der Waals surface area contributed by atoms with Crippen molar-refractivity contribution in [1.82, 2.24) is 9.88 Å². The van der Waals surface area contributed by atoms with Crippen LogP contribution in [0.4, 0.5) is 11.5 Å². The van der Waals surface area contributed by atoms with Gasteiger partial charge in [0.2, 0.25) is 0 Å². The number of nitrogens with one attached hydrogen (secondary N) is 2. The van der Waals surface area contributed by atoms with Crippen molar-refractivity contribution in [3.63, 3.8) is 0 Å². The van der Waals surface area contributed by atoms with Gasteiger partial charge in [-0.2, -0.15) is 0 Å². The van der Waals surface area contributed by atoms with Crippen LogP contribution in [0.15, 0.2) is 60.7 Å². The van der Waals surface area contributed by atoms with Crippen molar-refractivity contribution in [1.29, 1.82) is 5.41 Å². The number of aryl methyl sites for hydroxylation is 1. The van der Waals surface area contributed by atoms with E-state index < -0.39 is 0 Å². The number of rotatable bonds is 7. The summed E-state index contributed by atoms with van der Waals surface area (Å²) in [7, 11) is 0. The third kappa shape index (κ3) is 6.12. The Kier molecular flexibility index (Phi) is 8.73. The van der Waals surface area contributed by atoms with Gasteiger partial charge in [0, 0.05) is 50.5 Å². The molecule has 0 unspecified atom stereocenters. The van der Waals surface area contributed by atoms with Gasteiger partial charge in [0.25, 0.3) is 0 Å². The number of hydrogen-bond acceptors (Lipinski definition) is 6. The number of hydrogen-bond donors (Lipinski definition) is 2. The minimum atomic E-state index is 0. The lowest BCUT2D eigenvalue weighted by Gasteiger charge is -2.34. The summed E-state index contributed by atoms with van der Waals surface area (Å²) in [6.07, 6.45) is 3.59. The molecule has 2 aliphatic rings. The topological polar surface area (TPSA) is 64.5 Å². The minimum Gasteiger partial charge on any atom is -0.378 e. The highest BCUT2D eigenvalue weighted by molar-refractivity contribution is 5.94. The fourth-order valence-corrected chi connectivity index (χ4v) is 5.00. The average molecular weight is 486 g/mol. The van der Waals surface area contributed by atoms with Crippen molar-refractivity contribution in [3.8, 4) is 11.3 Å². The summed E-state index contributed by atoms with van der Waals surface area (Å²) < 4.78 is 5.59. The summed E-state index contributed by atoms with van der Waals surface area (Å²) >= 11 is 0. The molecule has 2 saturated heterocycles. The number of piperidine rings is 1. The van der Waals surface area contributed by atoms with Gasteiger partial charge in [-0.1, -0.05) is 67.6 Å². The number of ether oxygens (including phenoxy) is 1. The van der Waals surface area contributed by atoms with E-state index in [1.54, 1.807) is 0 Å². The summed E-state index contributed by atoms with van der Waals surface area (Å²) in [6, 6.07) is 21.7. The van der Waals surface area contributed by atoms with Crippen molar-refractivity contribution in [2.75, 3.05) is 49.6 Å². The Balaban J connectivity index is 0.00000304. The second-order valence-electron chi connectivity index (χ2n) is 9.58. The molecule has 0 radical (unpaired) electrons. The first-order valence-corrected chi connectivity index (χ1v) is 12.7. The van der Waals surface area contributed by atoms with Gasteiger partial charge in [0.1, 0.15) is 5.82 Å². The van der Waals surface area contributed by atoms with Gasteiger partial charge < -0.3 is 20.4 Å². The van der Waals surface area contributed by atoms with Crippen LogP contribution in [0.5, 0.6) is 0 Å². The van der Waals surface area contributed by atoms with Crippen molar-refractivity contribution in [3.05, 3.63) is 77.4 Å². The van der Waals surface area contributed by atoms with Crippen LogP contribution in [0.2, 0.25) is 0 Å². The van der Waals surface area contributed by atoms with E-state index in [0.717, 1.165) is 73.9 Å². The maximum absolute atomic E-state index is 8.25. The summed E-state index contributed by atoms with van der Waals surface area (Å²) in [5.41, 5.74) is 6.59. The van der Waals surface area contributed by atoms with Gasteiger partial charge in [-0.25, -0.2) is 4.98 Å². The molecule has 2 aromatic carbocycles. The lowest BCUT2D eigenvalue weighted by molar-refractivity contribution is 0.122. The van der Waals surface area contributed by atoms with E-state index in [-0.39, 0.29) is 7.43 Å². The zero-order valence-electron chi connectivity index (χ0n) is 20.5. The number of likely N-dealkylation sites (tertiary alicyclic amines) is 1. The highest BCUT2D eigenvalue weighted by Crippen LogP contribution is 2.32. The van der Waals surface area contributed by atoms with Gasteiger partial charge in [0.05, 0.1) is 30.2 Å². The number of benzene rings is 2. The molecule has 36 heavy (non-hydrogen) atoms. The Morgan fingerprint density at radius 2 is 1.69 bits per heavy atom. The molecule has 3 heterocycles. The Labute approximate surface area is 215 Å². The highest BCUT2D eigenvalue weighted by atomic mass is 16.5. The van der Waals surface area contributed by atoms with Crippen LogP contribution in [0.25, 0.3) is 11.3 Å². The van der Waals surface area contributed by atoms with Crippen molar-refractivity contribution in [2.45, 2.75) is 39.8 Å². The monoisotopic (exact) mass is 485 g/mol. The first kappa shape index (κ1) is 25.9. The zero-order chi connectivity index (χ0) is 24.0. The van der Waals surface area contributed by atoms with E-state index in [2.05, 4.69) is 82.7 Å². The molecule has 6 nitrogen and oxygen atoms in total. The van der Waals surface area contributed by atoms with Gasteiger partial charge in [-0.05, 0) is 31.4 Å². The molecule has 5 rings (SSSR count). The number of anilines is 2. The fourth-order valence-electron chi connectivity index (χ4n) is 5.00. The molecule has 1 aromatic heterocycles. The molecule has 0 bridgehead atoms. The molecule has 6 heteroatoms. The normalized spacial score (nSPS) is 16.9. The van der Waals surface area contributed by atoms with Crippen LogP contribution in [-0.4, -0.2) is 61.5 Å². The number of pyridine rings is 1.